The molecule has 0 unspecified atom stereocenters. The lowest BCUT2D eigenvalue weighted by Crippen LogP contribution is -2.17. The van der Waals surface area contributed by atoms with E-state index in [0.29, 0.717) is 39.5 Å². The molecule has 0 aliphatic rings. The van der Waals surface area contributed by atoms with Crippen LogP contribution in [0.2, 0.25) is 0 Å². The van der Waals surface area contributed by atoms with Crippen molar-refractivity contribution < 1.29 is 27.6 Å². The van der Waals surface area contributed by atoms with Crippen molar-refractivity contribution in [2.75, 3.05) is 0 Å². The highest BCUT2D eigenvalue weighted by molar-refractivity contribution is 6.51. The number of halogens is 3. The number of ketones is 1. The first kappa shape index (κ1) is 23.0. The Kier molecular flexibility index (Phi) is 5.85. The molecule has 0 fully saturated rings. The third-order valence-electron chi connectivity index (χ3n) is 5.67. The first-order chi connectivity index (χ1) is 17.3. The van der Waals surface area contributed by atoms with Gasteiger partial charge in [0.2, 0.25) is 5.78 Å². The maximum absolute atomic E-state index is 14.8. The van der Waals surface area contributed by atoms with Gasteiger partial charge in [0.1, 0.15) is 11.5 Å². The van der Waals surface area contributed by atoms with Gasteiger partial charge in [-0.15, -0.1) is 0 Å². The monoisotopic (exact) mass is 486 g/mol. The summed E-state index contributed by atoms with van der Waals surface area (Å²) >= 11 is 0. The maximum atomic E-state index is 14.8. The van der Waals surface area contributed by atoms with E-state index >= 15 is 0 Å². The van der Waals surface area contributed by atoms with Crippen LogP contribution in [0.1, 0.15) is 22.8 Å². The topological polar surface area (TPSA) is 60.7 Å². The van der Waals surface area contributed by atoms with E-state index in [2.05, 4.69) is 5.16 Å². The fraction of sp³-hybridized carbons (Fsp3) is 0.0357. The second-order valence-corrected chi connectivity index (χ2v) is 8.02. The average molecular weight is 486 g/mol. The summed E-state index contributed by atoms with van der Waals surface area (Å²) in [6.07, 6.45) is 0. The third kappa shape index (κ3) is 4.02. The molecule has 0 atom stereocenters. The van der Waals surface area contributed by atoms with Gasteiger partial charge in [0.25, 0.3) is 0 Å². The molecule has 5 rings (SSSR count). The molecule has 0 spiro atoms. The molecule has 0 N–H and O–H groups in total. The number of oxime groups is 1. The normalized spacial score (nSPS) is 11.7. The van der Waals surface area contributed by atoms with Crippen LogP contribution in [0.25, 0.3) is 27.5 Å². The summed E-state index contributed by atoms with van der Waals surface area (Å²) in [6, 6.07) is 21.3. The Morgan fingerprint density at radius 3 is 2.08 bits per heavy atom. The highest BCUT2D eigenvalue weighted by atomic mass is 19.1. The van der Waals surface area contributed by atoms with Gasteiger partial charge >= 0.3 is 5.97 Å². The molecule has 0 radical (unpaired) electrons. The zero-order valence-corrected chi connectivity index (χ0v) is 18.8. The van der Waals surface area contributed by atoms with Crippen molar-refractivity contribution in [1.29, 1.82) is 0 Å². The molecule has 0 amide bonds. The first-order valence-corrected chi connectivity index (χ1v) is 10.9. The van der Waals surface area contributed by atoms with Crippen molar-refractivity contribution in [2.24, 2.45) is 5.16 Å². The van der Waals surface area contributed by atoms with Gasteiger partial charge in [0, 0.05) is 41.0 Å². The second kappa shape index (κ2) is 9.14. The Bertz CT molecular complexity index is 1670. The van der Waals surface area contributed by atoms with E-state index in [-0.39, 0.29) is 11.3 Å². The Morgan fingerprint density at radius 2 is 1.39 bits per heavy atom. The molecule has 178 valence electrons. The van der Waals surface area contributed by atoms with Crippen LogP contribution >= 0.6 is 0 Å². The van der Waals surface area contributed by atoms with Crippen molar-refractivity contribution in [3.05, 3.63) is 114 Å². The summed E-state index contributed by atoms with van der Waals surface area (Å²) < 4.78 is 44.5. The quantitative estimate of drug-likeness (QED) is 0.126. The molecule has 0 saturated carbocycles. The average Bonchev–Trinajstić information content (AvgIpc) is 3.17. The van der Waals surface area contributed by atoms with Crippen LogP contribution in [0.15, 0.2) is 90.1 Å². The molecular formula is C28H17F3N2O3. The van der Waals surface area contributed by atoms with Gasteiger partial charge < -0.3 is 9.40 Å². The number of aromatic nitrogens is 1. The summed E-state index contributed by atoms with van der Waals surface area (Å²) in [5, 5.41) is 4.94. The lowest BCUT2D eigenvalue weighted by atomic mass is 9.99. The standard InChI is InChI=1S/C28H17F3N2O3/c1-16(34)36-32-26(17-7-3-2-4-8-17)28(35)18-11-12-25-21(13-18)20-9-5-6-10-24(20)33(25)27-22(30)14-19(29)15-23(27)31/h2-15H,1H3. The largest absolute Gasteiger partial charge is 0.332 e. The molecule has 8 heteroatoms. The zero-order chi connectivity index (χ0) is 25.4. The maximum Gasteiger partial charge on any atom is 0.332 e. The number of hydrogen-bond donors (Lipinski definition) is 0. The number of Topliss-reactive ketones (excluding diaryl/α,β-unsaturated/α-hetero) is 1. The fourth-order valence-corrected chi connectivity index (χ4v) is 4.17. The first-order valence-electron chi connectivity index (χ1n) is 10.9. The number of hydrogen-bond acceptors (Lipinski definition) is 4. The van der Waals surface area contributed by atoms with E-state index in [9.17, 15) is 22.8 Å². The van der Waals surface area contributed by atoms with Gasteiger partial charge in [-0.3, -0.25) is 4.79 Å². The molecule has 4 aromatic carbocycles. The number of benzene rings is 4. The SMILES string of the molecule is CC(=O)ON=C(C(=O)c1ccc2c(c1)c1ccccc1n2-c1c(F)cc(F)cc1F)c1ccccc1. The van der Waals surface area contributed by atoms with Crippen LogP contribution < -0.4 is 0 Å². The predicted molar refractivity (Wildman–Crippen MR) is 130 cm³/mol. The summed E-state index contributed by atoms with van der Waals surface area (Å²) in [6.45, 7) is 1.17. The summed E-state index contributed by atoms with van der Waals surface area (Å²) in [5.41, 5.74) is 1.04. The van der Waals surface area contributed by atoms with Crippen molar-refractivity contribution in [1.82, 2.24) is 4.57 Å². The van der Waals surface area contributed by atoms with Crippen molar-refractivity contribution in [3.8, 4) is 5.69 Å². The molecule has 0 saturated heterocycles. The van der Waals surface area contributed by atoms with Gasteiger partial charge in [-0.1, -0.05) is 53.7 Å². The van der Waals surface area contributed by atoms with Crippen molar-refractivity contribution in [2.45, 2.75) is 6.92 Å². The lowest BCUT2D eigenvalue weighted by molar-refractivity contribution is -0.140. The minimum absolute atomic E-state index is 0.0792. The molecule has 1 heterocycles. The van der Waals surface area contributed by atoms with Crippen LogP contribution in [0.4, 0.5) is 13.2 Å². The minimum Gasteiger partial charge on any atom is -0.318 e. The second-order valence-electron chi connectivity index (χ2n) is 8.02. The number of fused-ring (bicyclic) bond motifs is 3. The molecule has 0 aliphatic heterocycles. The molecule has 5 nitrogen and oxygen atoms in total. The molecule has 36 heavy (non-hydrogen) atoms. The Morgan fingerprint density at radius 1 is 0.750 bits per heavy atom. The van der Waals surface area contributed by atoms with E-state index in [0.717, 1.165) is 0 Å². The van der Waals surface area contributed by atoms with Gasteiger partial charge in [0.05, 0.1) is 11.0 Å². The zero-order valence-electron chi connectivity index (χ0n) is 18.8. The molecule has 0 aliphatic carbocycles. The van der Waals surface area contributed by atoms with E-state index in [1.54, 1.807) is 66.7 Å². The van der Waals surface area contributed by atoms with Gasteiger partial charge in [0.15, 0.2) is 17.3 Å². The van der Waals surface area contributed by atoms with Crippen LogP contribution in [0.5, 0.6) is 0 Å². The molecule has 5 aromatic rings. The van der Waals surface area contributed by atoms with Crippen molar-refractivity contribution in [3.63, 3.8) is 0 Å². The number of rotatable bonds is 5. The lowest BCUT2D eigenvalue weighted by Gasteiger charge is -2.11. The van der Waals surface area contributed by atoms with Gasteiger partial charge in [-0.25, -0.2) is 18.0 Å². The molecular weight excluding hydrogens is 469 g/mol. The number of nitrogens with zero attached hydrogens (tertiary/aromatic N) is 2. The van der Waals surface area contributed by atoms with Crippen LogP contribution in [0, 0.1) is 17.5 Å². The van der Waals surface area contributed by atoms with Crippen LogP contribution in [-0.4, -0.2) is 22.0 Å². The number of para-hydroxylation sites is 1. The smallest absolute Gasteiger partial charge is 0.318 e. The van der Waals surface area contributed by atoms with E-state index < -0.39 is 34.9 Å². The Balaban J connectivity index is 1.72. The third-order valence-corrected chi connectivity index (χ3v) is 5.67. The highest BCUT2D eigenvalue weighted by Gasteiger charge is 2.22. The van der Waals surface area contributed by atoms with E-state index in [4.69, 9.17) is 4.84 Å². The predicted octanol–water partition coefficient (Wildman–Crippen LogP) is 6.35. The van der Waals surface area contributed by atoms with E-state index in [1.165, 1.54) is 17.6 Å². The number of carbonyl (C=O) groups excluding carboxylic acids is 2. The fourth-order valence-electron chi connectivity index (χ4n) is 4.17. The molecule has 0 bridgehead atoms. The van der Waals surface area contributed by atoms with Crippen LogP contribution in [-0.2, 0) is 9.63 Å². The highest BCUT2D eigenvalue weighted by Crippen LogP contribution is 2.34. The Labute approximate surface area is 203 Å². The molecule has 1 aromatic heterocycles. The van der Waals surface area contributed by atoms with Crippen molar-refractivity contribution >= 4 is 39.3 Å². The minimum atomic E-state index is -1.06. The van der Waals surface area contributed by atoms with Gasteiger partial charge in [-0.2, -0.15) is 0 Å². The van der Waals surface area contributed by atoms with Crippen LogP contribution in [0.3, 0.4) is 0 Å². The summed E-state index contributed by atoms with van der Waals surface area (Å²) in [7, 11) is 0. The number of carbonyl (C=O) groups is 2. The Hall–Kier alpha value is -4.72. The summed E-state index contributed by atoms with van der Waals surface area (Å²) in [4.78, 5) is 29.6. The summed E-state index contributed by atoms with van der Waals surface area (Å²) in [5.74, 6) is -4.34. The van der Waals surface area contributed by atoms with Gasteiger partial charge in [-0.05, 0) is 24.3 Å². The van der Waals surface area contributed by atoms with E-state index in [1.807, 2.05) is 0 Å².